The van der Waals surface area contributed by atoms with E-state index in [9.17, 15) is 26.8 Å². The SMILES string of the molecule is CSc1ccc(S(=O)(=O)Nc2ccc(SCc3nc(C(=O)NCC(=O)N4CC(F)(F)C[C@H]4C#N)cs3)cc2)cc1. The fourth-order valence-corrected chi connectivity index (χ4v) is 6.91. The van der Waals surface area contributed by atoms with Gasteiger partial charge in [-0.1, -0.05) is 0 Å². The largest absolute Gasteiger partial charge is 0.342 e. The van der Waals surface area contributed by atoms with Gasteiger partial charge >= 0.3 is 0 Å². The molecular weight excluding hydrogens is 601 g/mol. The highest BCUT2D eigenvalue weighted by molar-refractivity contribution is 7.98. The number of carbonyl (C=O) groups excluding carboxylic acids is 2. The Bertz CT molecular complexity index is 1520. The molecule has 1 aliphatic heterocycles. The number of nitriles is 1. The summed E-state index contributed by atoms with van der Waals surface area (Å²) in [5.74, 6) is -4.07. The number of nitrogens with one attached hydrogen (secondary N) is 2. The van der Waals surface area contributed by atoms with Crippen molar-refractivity contribution >= 4 is 62.4 Å². The third-order valence-corrected chi connectivity index (χ3v) is 9.96. The normalized spacial score (nSPS) is 16.4. The summed E-state index contributed by atoms with van der Waals surface area (Å²) in [6.45, 7) is -1.37. The maximum atomic E-state index is 13.6. The van der Waals surface area contributed by atoms with E-state index in [1.165, 1.54) is 40.2 Å². The van der Waals surface area contributed by atoms with Crippen molar-refractivity contribution in [1.29, 1.82) is 5.26 Å². The molecule has 0 spiro atoms. The van der Waals surface area contributed by atoms with Gasteiger partial charge in [0.1, 0.15) is 16.7 Å². The number of carbonyl (C=O) groups is 2. The van der Waals surface area contributed by atoms with Gasteiger partial charge in [-0.2, -0.15) is 5.26 Å². The van der Waals surface area contributed by atoms with E-state index in [-0.39, 0.29) is 10.6 Å². The first kappa shape index (κ1) is 29.8. The van der Waals surface area contributed by atoms with Crippen LogP contribution in [0.4, 0.5) is 14.5 Å². The molecular formula is C25H23F2N5O4S4. The molecule has 0 radical (unpaired) electrons. The summed E-state index contributed by atoms with van der Waals surface area (Å²) in [5.41, 5.74) is 0.507. The van der Waals surface area contributed by atoms with Gasteiger partial charge in [0.05, 0.1) is 29.8 Å². The van der Waals surface area contributed by atoms with E-state index in [0.717, 1.165) is 14.7 Å². The molecule has 2 aromatic carbocycles. The third-order valence-electron chi connectivity index (χ3n) is 5.76. The second-order valence-electron chi connectivity index (χ2n) is 8.63. The van der Waals surface area contributed by atoms with E-state index < -0.39 is 53.3 Å². The van der Waals surface area contributed by atoms with Gasteiger partial charge < -0.3 is 10.2 Å². The van der Waals surface area contributed by atoms with Gasteiger partial charge in [-0.3, -0.25) is 14.3 Å². The monoisotopic (exact) mass is 623 g/mol. The number of hydrogen-bond acceptors (Lipinski definition) is 9. The Morgan fingerprint density at radius 2 is 1.85 bits per heavy atom. The Morgan fingerprint density at radius 3 is 2.50 bits per heavy atom. The number of thiazole rings is 1. The van der Waals surface area contributed by atoms with Crippen molar-refractivity contribution in [2.45, 2.75) is 38.8 Å². The van der Waals surface area contributed by atoms with Crippen LogP contribution in [0, 0.1) is 11.3 Å². The zero-order valence-corrected chi connectivity index (χ0v) is 24.2. The molecule has 4 rings (SSSR count). The number of aromatic nitrogens is 1. The highest BCUT2D eigenvalue weighted by Crippen LogP contribution is 2.31. The van der Waals surface area contributed by atoms with Crippen LogP contribution in [0.15, 0.2) is 68.6 Å². The molecule has 210 valence electrons. The summed E-state index contributed by atoms with van der Waals surface area (Å²) >= 11 is 4.21. The Balaban J connectivity index is 1.26. The number of benzene rings is 2. The van der Waals surface area contributed by atoms with E-state index in [0.29, 0.717) is 16.4 Å². The van der Waals surface area contributed by atoms with Crippen LogP contribution in [0.25, 0.3) is 0 Å². The lowest BCUT2D eigenvalue weighted by Gasteiger charge is -2.19. The van der Waals surface area contributed by atoms with Crippen molar-refractivity contribution in [2.24, 2.45) is 0 Å². The Kier molecular flexibility index (Phi) is 9.34. The summed E-state index contributed by atoms with van der Waals surface area (Å²) < 4.78 is 54.9. The Hall–Kier alpha value is -3.19. The smallest absolute Gasteiger partial charge is 0.271 e. The molecule has 2 N–H and O–H groups in total. The average molecular weight is 624 g/mol. The summed E-state index contributed by atoms with van der Waals surface area (Å²) in [6.07, 6.45) is 1.19. The van der Waals surface area contributed by atoms with Crippen LogP contribution in [0.5, 0.6) is 0 Å². The maximum absolute atomic E-state index is 13.6. The minimum absolute atomic E-state index is 0.0901. The maximum Gasteiger partial charge on any atom is 0.271 e. The van der Waals surface area contributed by atoms with Crippen molar-refractivity contribution in [3.05, 3.63) is 64.6 Å². The number of hydrogen-bond donors (Lipinski definition) is 2. The quantitative estimate of drug-likeness (QED) is 0.317. The summed E-state index contributed by atoms with van der Waals surface area (Å²) in [6, 6.07) is 13.9. The van der Waals surface area contributed by atoms with E-state index in [1.807, 2.05) is 6.26 Å². The van der Waals surface area contributed by atoms with Gasteiger partial charge in [0.2, 0.25) is 5.91 Å². The van der Waals surface area contributed by atoms with Crippen LogP contribution >= 0.6 is 34.9 Å². The number of nitrogens with zero attached hydrogens (tertiary/aromatic N) is 3. The summed E-state index contributed by atoms with van der Waals surface area (Å²) in [7, 11) is -3.72. The van der Waals surface area contributed by atoms with Gasteiger partial charge in [0, 0.05) is 27.3 Å². The molecule has 1 saturated heterocycles. The lowest BCUT2D eigenvalue weighted by molar-refractivity contribution is -0.131. The van der Waals surface area contributed by atoms with Gasteiger partial charge in [-0.25, -0.2) is 22.2 Å². The third kappa shape index (κ3) is 7.51. The van der Waals surface area contributed by atoms with E-state index in [1.54, 1.807) is 54.6 Å². The molecule has 0 aliphatic carbocycles. The molecule has 2 amide bonds. The van der Waals surface area contributed by atoms with Crippen molar-refractivity contribution in [3.63, 3.8) is 0 Å². The standard InChI is InChI=1S/C25H23F2N5O4S4/c1-37-18-6-8-20(9-7-18)40(35,36)31-16-2-4-19(5-3-16)38-14-22-30-21(13-39-22)24(34)29-12-23(33)32-15-25(26,27)10-17(32)11-28/h2-9,13,17,31H,10,12,14-15H2,1H3,(H,29,34)/t17-/m0/s1. The second kappa shape index (κ2) is 12.5. The van der Waals surface area contributed by atoms with E-state index in [2.05, 4.69) is 15.0 Å². The molecule has 3 aromatic rings. The molecule has 1 aromatic heterocycles. The van der Waals surface area contributed by atoms with Crippen LogP contribution in [-0.2, 0) is 20.6 Å². The van der Waals surface area contributed by atoms with Crippen molar-refractivity contribution in [2.75, 3.05) is 24.1 Å². The number of sulfonamides is 1. The Morgan fingerprint density at radius 1 is 1.18 bits per heavy atom. The second-order valence-corrected chi connectivity index (χ2v) is 13.2. The van der Waals surface area contributed by atoms with Crippen LogP contribution in [0.3, 0.4) is 0 Å². The number of likely N-dealkylation sites (tertiary alicyclic amines) is 1. The van der Waals surface area contributed by atoms with Crippen LogP contribution < -0.4 is 10.0 Å². The van der Waals surface area contributed by atoms with Gasteiger partial charge in [-0.15, -0.1) is 34.9 Å². The molecule has 15 heteroatoms. The first-order valence-corrected chi connectivity index (χ1v) is 16.3. The first-order valence-electron chi connectivity index (χ1n) is 11.7. The predicted molar refractivity (Wildman–Crippen MR) is 150 cm³/mol. The van der Waals surface area contributed by atoms with Crippen LogP contribution in [-0.4, -0.2) is 61.4 Å². The first-order chi connectivity index (χ1) is 19.0. The lowest BCUT2D eigenvalue weighted by Crippen LogP contribution is -2.43. The Labute approximate surface area is 242 Å². The van der Waals surface area contributed by atoms with Crippen molar-refractivity contribution < 1.29 is 26.8 Å². The van der Waals surface area contributed by atoms with Gasteiger partial charge in [0.25, 0.3) is 21.9 Å². The molecule has 0 saturated carbocycles. The lowest BCUT2D eigenvalue weighted by atomic mass is 10.2. The molecule has 1 aliphatic rings. The number of anilines is 1. The number of rotatable bonds is 10. The van der Waals surface area contributed by atoms with Crippen molar-refractivity contribution in [1.82, 2.24) is 15.2 Å². The minimum atomic E-state index is -3.72. The number of thioether (sulfide) groups is 2. The predicted octanol–water partition coefficient (Wildman–Crippen LogP) is 4.45. The molecule has 40 heavy (non-hydrogen) atoms. The molecule has 2 heterocycles. The highest BCUT2D eigenvalue weighted by Gasteiger charge is 2.47. The summed E-state index contributed by atoms with van der Waals surface area (Å²) in [4.78, 5) is 31.7. The fraction of sp³-hybridized carbons (Fsp3) is 0.280. The van der Waals surface area contributed by atoms with E-state index in [4.69, 9.17) is 5.26 Å². The van der Waals surface area contributed by atoms with Crippen LogP contribution in [0.2, 0.25) is 0 Å². The number of amides is 2. The molecule has 1 fully saturated rings. The zero-order chi connectivity index (χ0) is 28.9. The zero-order valence-electron chi connectivity index (χ0n) is 21.0. The van der Waals surface area contributed by atoms with Gasteiger partial charge in [-0.05, 0) is 54.8 Å². The molecule has 0 unspecified atom stereocenters. The topological polar surface area (TPSA) is 132 Å². The molecule has 1 atom stereocenters. The minimum Gasteiger partial charge on any atom is -0.342 e. The fourth-order valence-electron chi connectivity index (χ4n) is 3.76. The van der Waals surface area contributed by atoms with Crippen LogP contribution in [0.1, 0.15) is 21.9 Å². The average Bonchev–Trinajstić information content (AvgIpc) is 3.54. The highest BCUT2D eigenvalue weighted by atomic mass is 32.2. The number of halogens is 2. The van der Waals surface area contributed by atoms with E-state index >= 15 is 0 Å². The molecule has 9 nitrogen and oxygen atoms in total. The molecule has 0 bridgehead atoms. The number of alkyl halides is 2. The van der Waals surface area contributed by atoms with Crippen molar-refractivity contribution in [3.8, 4) is 6.07 Å². The summed E-state index contributed by atoms with van der Waals surface area (Å²) in [5, 5.41) is 13.6. The van der Waals surface area contributed by atoms with Gasteiger partial charge in [0.15, 0.2) is 0 Å².